The Morgan fingerprint density at radius 2 is 2.19 bits per heavy atom. The van der Waals surface area contributed by atoms with Crippen molar-refractivity contribution in [3.05, 3.63) is 23.9 Å². The van der Waals surface area contributed by atoms with Gasteiger partial charge in [0.2, 0.25) is 0 Å². The zero-order chi connectivity index (χ0) is 12.0. The van der Waals surface area contributed by atoms with Gasteiger partial charge in [-0.25, -0.2) is 9.78 Å². The molecular weight excluding hydrogens is 204 g/mol. The summed E-state index contributed by atoms with van der Waals surface area (Å²) in [5.41, 5.74) is 0.228. The Balaban J connectivity index is 2.56. The van der Waals surface area contributed by atoms with Crippen LogP contribution in [-0.4, -0.2) is 29.7 Å². The molecule has 0 aliphatic carbocycles. The third-order valence-electron chi connectivity index (χ3n) is 2.48. The highest BCUT2D eigenvalue weighted by atomic mass is 16.4. The van der Waals surface area contributed by atoms with Gasteiger partial charge in [0.1, 0.15) is 5.82 Å². The lowest BCUT2D eigenvalue weighted by molar-refractivity contribution is 0.0696. The lowest BCUT2D eigenvalue weighted by Gasteiger charge is -2.17. The van der Waals surface area contributed by atoms with Crippen LogP contribution >= 0.6 is 0 Å². The van der Waals surface area contributed by atoms with Gasteiger partial charge in [-0.15, -0.1) is 0 Å². The number of nitrogens with zero attached hydrogens (tertiary/aromatic N) is 2. The van der Waals surface area contributed by atoms with Crippen molar-refractivity contribution in [2.24, 2.45) is 0 Å². The first-order chi connectivity index (χ1) is 7.65. The summed E-state index contributed by atoms with van der Waals surface area (Å²) >= 11 is 0. The number of aromatic nitrogens is 1. The molecule has 0 aliphatic heterocycles. The minimum atomic E-state index is -0.937. The van der Waals surface area contributed by atoms with Crippen molar-refractivity contribution in [3.63, 3.8) is 0 Å². The quantitative estimate of drug-likeness (QED) is 0.751. The predicted octanol–water partition coefficient (Wildman–Crippen LogP) is 2.41. The summed E-state index contributed by atoms with van der Waals surface area (Å²) in [6.07, 6.45) is 4.93. The average molecular weight is 222 g/mol. The summed E-state index contributed by atoms with van der Waals surface area (Å²) in [7, 11) is 1.97. The van der Waals surface area contributed by atoms with Crippen LogP contribution in [0.25, 0.3) is 0 Å². The highest BCUT2D eigenvalue weighted by molar-refractivity contribution is 5.87. The van der Waals surface area contributed by atoms with Crippen LogP contribution in [0.5, 0.6) is 0 Å². The van der Waals surface area contributed by atoms with Crippen molar-refractivity contribution in [1.29, 1.82) is 0 Å². The first kappa shape index (κ1) is 12.5. The number of carbonyl (C=O) groups is 1. The van der Waals surface area contributed by atoms with Crippen molar-refractivity contribution in [3.8, 4) is 0 Å². The van der Waals surface area contributed by atoms with Gasteiger partial charge in [-0.05, 0) is 18.6 Å². The monoisotopic (exact) mass is 222 g/mol. The third-order valence-corrected chi connectivity index (χ3v) is 2.48. The molecule has 0 spiro atoms. The van der Waals surface area contributed by atoms with Gasteiger partial charge in [-0.2, -0.15) is 0 Å². The lowest BCUT2D eigenvalue weighted by atomic mass is 10.2. The molecule has 1 aromatic heterocycles. The van der Waals surface area contributed by atoms with Gasteiger partial charge in [0, 0.05) is 19.8 Å². The van der Waals surface area contributed by atoms with E-state index >= 15 is 0 Å². The van der Waals surface area contributed by atoms with E-state index in [-0.39, 0.29) is 5.56 Å². The highest BCUT2D eigenvalue weighted by Crippen LogP contribution is 2.10. The summed E-state index contributed by atoms with van der Waals surface area (Å²) in [6.45, 7) is 3.12. The van der Waals surface area contributed by atoms with E-state index in [1.807, 2.05) is 11.9 Å². The zero-order valence-electron chi connectivity index (χ0n) is 9.81. The molecule has 1 rings (SSSR count). The number of carboxylic acids is 1. The van der Waals surface area contributed by atoms with Gasteiger partial charge in [0.15, 0.2) is 0 Å². The number of carboxylic acid groups (broad SMARTS) is 1. The van der Waals surface area contributed by atoms with Crippen LogP contribution < -0.4 is 4.90 Å². The van der Waals surface area contributed by atoms with Crippen LogP contribution in [0.3, 0.4) is 0 Å². The fraction of sp³-hybridized carbons (Fsp3) is 0.500. The number of hydrogen-bond donors (Lipinski definition) is 1. The van der Waals surface area contributed by atoms with Crippen molar-refractivity contribution >= 4 is 11.8 Å². The molecule has 1 N–H and O–H groups in total. The summed E-state index contributed by atoms with van der Waals surface area (Å²) in [6, 6.07) is 3.33. The maximum Gasteiger partial charge on any atom is 0.337 e. The van der Waals surface area contributed by atoms with E-state index in [1.54, 1.807) is 12.1 Å². The molecule has 0 amide bonds. The topological polar surface area (TPSA) is 53.4 Å². The van der Waals surface area contributed by atoms with E-state index in [0.717, 1.165) is 18.8 Å². The van der Waals surface area contributed by atoms with E-state index in [1.165, 1.54) is 19.0 Å². The Kier molecular flexibility index (Phi) is 4.76. The molecule has 0 unspecified atom stereocenters. The van der Waals surface area contributed by atoms with Gasteiger partial charge in [0.05, 0.1) is 5.56 Å². The highest BCUT2D eigenvalue weighted by Gasteiger charge is 2.05. The summed E-state index contributed by atoms with van der Waals surface area (Å²) in [5.74, 6) is -0.117. The van der Waals surface area contributed by atoms with E-state index < -0.39 is 5.97 Å². The molecule has 0 radical (unpaired) electrons. The summed E-state index contributed by atoms with van der Waals surface area (Å²) in [4.78, 5) is 16.8. The maximum atomic E-state index is 10.6. The van der Waals surface area contributed by atoms with Crippen LogP contribution in [0.4, 0.5) is 5.82 Å². The first-order valence-corrected chi connectivity index (χ1v) is 5.55. The Hall–Kier alpha value is -1.58. The Morgan fingerprint density at radius 1 is 1.44 bits per heavy atom. The van der Waals surface area contributed by atoms with Gasteiger partial charge < -0.3 is 10.0 Å². The van der Waals surface area contributed by atoms with Crippen molar-refractivity contribution in [2.75, 3.05) is 18.5 Å². The SMILES string of the molecule is CCCCCN(C)c1ccc(C(=O)O)cn1. The van der Waals surface area contributed by atoms with Crippen molar-refractivity contribution in [2.45, 2.75) is 26.2 Å². The molecule has 0 saturated carbocycles. The normalized spacial score (nSPS) is 10.1. The van der Waals surface area contributed by atoms with E-state index in [9.17, 15) is 4.79 Å². The minimum absolute atomic E-state index is 0.228. The molecule has 0 fully saturated rings. The van der Waals surface area contributed by atoms with Gasteiger partial charge in [-0.1, -0.05) is 19.8 Å². The van der Waals surface area contributed by atoms with Crippen molar-refractivity contribution in [1.82, 2.24) is 4.98 Å². The van der Waals surface area contributed by atoms with Crippen molar-refractivity contribution < 1.29 is 9.90 Å². The van der Waals surface area contributed by atoms with Crippen LogP contribution in [0.2, 0.25) is 0 Å². The molecule has 4 nitrogen and oxygen atoms in total. The van der Waals surface area contributed by atoms with Crippen LogP contribution in [-0.2, 0) is 0 Å². The van der Waals surface area contributed by atoms with Gasteiger partial charge in [-0.3, -0.25) is 0 Å². The Labute approximate surface area is 95.9 Å². The number of hydrogen-bond acceptors (Lipinski definition) is 3. The standard InChI is InChI=1S/C12H18N2O2/c1-3-4-5-8-14(2)11-7-6-10(9-13-11)12(15)16/h6-7,9H,3-5,8H2,1-2H3,(H,15,16). The number of anilines is 1. The van der Waals surface area contributed by atoms with Crippen LogP contribution in [0.1, 0.15) is 36.5 Å². The van der Waals surface area contributed by atoms with Gasteiger partial charge in [0.25, 0.3) is 0 Å². The fourth-order valence-corrected chi connectivity index (χ4v) is 1.45. The largest absolute Gasteiger partial charge is 0.478 e. The molecule has 0 aromatic carbocycles. The smallest absolute Gasteiger partial charge is 0.337 e. The molecular formula is C12H18N2O2. The third kappa shape index (κ3) is 3.53. The number of aromatic carboxylic acids is 1. The second-order valence-corrected chi connectivity index (χ2v) is 3.84. The number of rotatable bonds is 6. The second kappa shape index (κ2) is 6.10. The molecule has 1 aromatic rings. The molecule has 0 saturated heterocycles. The summed E-state index contributed by atoms with van der Waals surface area (Å²) in [5, 5.41) is 8.73. The molecule has 0 atom stereocenters. The molecule has 4 heteroatoms. The predicted molar refractivity (Wildman–Crippen MR) is 64.0 cm³/mol. The fourth-order valence-electron chi connectivity index (χ4n) is 1.45. The Morgan fingerprint density at radius 3 is 2.69 bits per heavy atom. The average Bonchev–Trinajstić information content (AvgIpc) is 2.29. The van der Waals surface area contributed by atoms with Crippen LogP contribution in [0.15, 0.2) is 18.3 Å². The first-order valence-electron chi connectivity index (χ1n) is 5.55. The van der Waals surface area contributed by atoms with E-state index in [0.29, 0.717) is 0 Å². The molecule has 0 bridgehead atoms. The second-order valence-electron chi connectivity index (χ2n) is 3.84. The molecule has 88 valence electrons. The zero-order valence-corrected chi connectivity index (χ0v) is 9.81. The number of unbranched alkanes of at least 4 members (excludes halogenated alkanes) is 2. The van der Waals surface area contributed by atoms with Crippen LogP contribution in [0, 0.1) is 0 Å². The number of pyridine rings is 1. The van der Waals surface area contributed by atoms with E-state index in [2.05, 4.69) is 11.9 Å². The van der Waals surface area contributed by atoms with Gasteiger partial charge >= 0.3 is 5.97 Å². The molecule has 0 aliphatic rings. The summed E-state index contributed by atoms with van der Waals surface area (Å²) < 4.78 is 0. The lowest BCUT2D eigenvalue weighted by Crippen LogP contribution is -2.19. The molecule has 16 heavy (non-hydrogen) atoms. The maximum absolute atomic E-state index is 10.6. The minimum Gasteiger partial charge on any atom is -0.478 e. The van der Waals surface area contributed by atoms with E-state index in [4.69, 9.17) is 5.11 Å². The Bertz CT molecular complexity index is 335. The molecule has 1 heterocycles.